The molecule has 5 heteroatoms. The van der Waals surface area contributed by atoms with Crippen LogP contribution in [0.2, 0.25) is 0 Å². The molecule has 1 aliphatic heterocycles. The molecule has 1 atom stereocenters. The van der Waals surface area contributed by atoms with Crippen LogP contribution in [-0.2, 0) is 16.0 Å². The van der Waals surface area contributed by atoms with Crippen molar-refractivity contribution in [3.8, 4) is 0 Å². The average Bonchev–Trinajstić information content (AvgIpc) is 2.87. The van der Waals surface area contributed by atoms with Gasteiger partial charge in [0.05, 0.1) is 18.0 Å². The second kappa shape index (κ2) is 5.75. The van der Waals surface area contributed by atoms with Crippen LogP contribution in [0, 0.1) is 0 Å². The Kier molecular flexibility index (Phi) is 4.27. The Morgan fingerprint density at radius 3 is 3.00 bits per heavy atom. The SMILES string of the molecule is CC1(C)CN(C(=O)CCc2ccco2)CC(CN)O1. The van der Waals surface area contributed by atoms with Crippen molar-refractivity contribution in [2.45, 2.75) is 38.4 Å². The Morgan fingerprint density at radius 2 is 2.37 bits per heavy atom. The van der Waals surface area contributed by atoms with Crippen molar-refractivity contribution in [2.24, 2.45) is 5.73 Å². The molecule has 0 aliphatic carbocycles. The average molecular weight is 266 g/mol. The first-order valence-corrected chi connectivity index (χ1v) is 6.68. The van der Waals surface area contributed by atoms with Gasteiger partial charge in [0, 0.05) is 32.5 Å². The second-order valence-electron chi connectivity index (χ2n) is 5.59. The topological polar surface area (TPSA) is 68.7 Å². The van der Waals surface area contributed by atoms with Crippen molar-refractivity contribution >= 4 is 5.91 Å². The summed E-state index contributed by atoms with van der Waals surface area (Å²) in [7, 11) is 0. The summed E-state index contributed by atoms with van der Waals surface area (Å²) in [6.45, 7) is 5.60. The standard InChI is InChI=1S/C14H22N2O3/c1-14(2)10-16(9-12(8-15)19-14)13(17)6-5-11-4-3-7-18-11/h3-4,7,12H,5-6,8-10,15H2,1-2H3. The normalized spacial score (nSPS) is 22.5. The fourth-order valence-electron chi connectivity index (χ4n) is 2.45. The van der Waals surface area contributed by atoms with Crippen molar-refractivity contribution in [1.29, 1.82) is 0 Å². The number of hydrogen-bond donors (Lipinski definition) is 1. The van der Waals surface area contributed by atoms with Crippen LogP contribution in [0.3, 0.4) is 0 Å². The molecule has 1 saturated heterocycles. The van der Waals surface area contributed by atoms with Gasteiger partial charge in [0.2, 0.25) is 5.91 Å². The van der Waals surface area contributed by atoms with Crippen LogP contribution in [0.5, 0.6) is 0 Å². The molecule has 1 aromatic heterocycles. The van der Waals surface area contributed by atoms with Crippen molar-refractivity contribution in [3.05, 3.63) is 24.2 Å². The van der Waals surface area contributed by atoms with Gasteiger partial charge in [-0.2, -0.15) is 0 Å². The number of aryl methyl sites for hydroxylation is 1. The van der Waals surface area contributed by atoms with E-state index in [1.165, 1.54) is 0 Å². The summed E-state index contributed by atoms with van der Waals surface area (Å²) in [6.07, 6.45) is 2.65. The molecule has 0 aromatic carbocycles. The smallest absolute Gasteiger partial charge is 0.223 e. The molecule has 2 rings (SSSR count). The monoisotopic (exact) mass is 266 g/mol. The predicted molar refractivity (Wildman–Crippen MR) is 71.6 cm³/mol. The molecule has 1 unspecified atom stereocenters. The Hall–Kier alpha value is -1.33. The third kappa shape index (κ3) is 3.81. The summed E-state index contributed by atoms with van der Waals surface area (Å²) < 4.78 is 11.1. The molecule has 106 valence electrons. The quantitative estimate of drug-likeness (QED) is 0.888. The van der Waals surface area contributed by atoms with Gasteiger partial charge in [-0.15, -0.1) is 0 Å². The van der Waals surface area contributed by atoms with E-state index >= 15 is 0 Å². The van der Waals surface area contributed by atoms with Crippen LogP contribution in [0.15, 0.2) is 22.8 Å². The van der Waals surface area contributed by atoms with Crippen molar-refractivity contribution < 1.29 is 13.9 Å². The molecular formula is C14H22N2O3. The maximum absolute atomic E-state index is 12.2. The lowest BCUT2D eigenvalue weighted by molar-refractivity contribution is -0.159. The molecule has 0 bridgehead atoms. The molecule has 0 saturated carbocycles. The first-order valence-electron chi connectivity index (χ1n) is 6.68. The Morgan fingerprint density at radius 1 is 1.58 bits per heavy atom. The second-order valence-corrected chi connectivity index (χ2v) is 5.59. The third-order valence-corrected chi connectivity index (χ3v) is 3.26. The van der Waals surface area contributed by atoms with Crippen LogP contribution in [0.4, 0.5) is 0 Å². The first-order chi connectivity index (χ1) is 9.00. The summed E-state index contributed by atoms with van der Waals surface area (Å²) >= 11 is 0. The Balaban J connectivity index is 1.90. The number of furan rings is 1. The van der Waals surface area contributed by atoms with E-state index in [2.05, 4.69) is 0 Å². The zero-order valence-electron chi connectivity index (χ0n) is 11.6. The van der Waals surface area contributed by atoms with E-state index in [4.69, 9.17) is 14.9 Å². The van der Waals surface area contributed by atoms with E-state index in [-0.39, 0.29) is 17.6 Å². The van der Waals surface area contributed by atoms with Gasteiger partial charge >= 0.3 is 0 Å². The van der Waals surface area contributed by atoms with E-state index in [0.717, 1.165) is 5.76 Å². The molecule has 2 heterocycles. The lowest BCUT2D eigenvalue weighted by atomic mass is 10.0. The minimum absolute atomic E-state index is 0.0729. The van der Waals surface area contributed by atoms with E-state index < -0.39 is 0 Å². The van der Waals surface area contributed by atoms with Crippen LogP contribution < -0.4 is 5.73 Å². The molecule has 0 radical (unpaired) electrons. The summed E-state index contributed by atoms with van der Waals surface area (Å²) in [6, 6.07) is 3.72. The molecule has 19 heavy (non-hydrogen) atoms. The minimum Gasteiger partial charge on any atom is -0.469 e. The van der Waals surface area contributed by atoms with E-state index in [9.17, 15) is 4.79 Å². The summed E-state index contributed by atoms with van der Waals surface area (Å²) in [5.41, 5.74) is 5.33. The van der Waals surface area contributed by atoms with Crippen molar-refractivity contribution in [2.75, 3.05) is 19.6 Å². The number of carbonyl (C=O) groups is 1. The number of amides is 1. The zero-order chi connectivity index (χ0) is 13.9. The maximum Gasteiger partial charge on any atom is 0.223 e. The highest BCUT2D eigenvalue weighted by molar-refractivity contribution is 5.76. The number of rotatable bonds is 4. The number of hydrogen-bond acceptors (Lipinski definition) is 4. The zero-order valence-corrected chi connectivity index (χ0v) is 11.6. The minimum atomic E-state index is -0.331. The number of nitrogens with two attached hydrogens (primary N) is 1. The third-order valence-electron chi connectivity index (χ3n) is 3.26. The Labute approximate surface area is 113 Å². The molecular weight excluding hydrogens is 244 g/mol. The van der Waals surface area contributed by atoms with Gasteiger partial charge < -0.3 is 19.8 Å². The molecule has 5 nitrogen and oxygen atoms in total. The van der Waals surface area contributed by atoms with Crippen LogP contribution in [0.1, 0.15) is 26.0 Å². The highest BCUT2D eigenvalue weighted by Crippen LogP contribution is 2.21. The maximum atomic E-state index is 12.2. The fourth-order valence-corrected chi connectivity index (χ4v) is 2.45. The number of carbonyl (C=O) groups excluding carboxylic acids is 1. The summed E-state index contributed by atoms with van der Waals surface area (Å²) in [5.74, 6) is 0.975. The van der Waals surface area contributed by atoms with Gasteiger partial charge in [0.1, 0.15) is 5.76 Å². The van der Waals surface area contributed by atoms with Gasteiger partial charge in [-0.25, -0.2) is 0 Å². The van der Waals surface area contributed by atoms with Gasteiger partial charge in [0.25, 0.3) is 0 Å². The summed E-state index contributed by atoms with van der Waals surface area (Å²) in [4.78, 5) is 14.1. The molecule has 0 spiro atoms. The highest BCUT2D eigenvalue weighted by Gasteiger charge is 2.34. The van der Waals surface area contributed by atoms with Crippen LogP contribution in [-0.4, -0.2) is 42.1 Å². The first kappa shape index (κ1) is 14.1. The predicted octanol–water partition coefficient (Wildman–Crippen LogP) is 1.18. The highest BCUT2D eigenvalue weighted by atomic mass is 16.5. The molecule has 1 aliphatic rings. The molecule has 1 aromatic rings. The van der Waals surface area contributed by atoms with Gasteiger partial charge in [-0.05, 0) is 26.0 Å². The van der Waals surface area contributed by atoms with Crippen LogP contribution in [0.25, 0.3) is 0 Å². The fraction of sp³-hybridized carbons (Fsp3) is 0.643. The van der Waals surface area contributed by atoms with Gasteiger partial charge in [0.15, 0.2) is 0 Å². The molecule has 1 fully saturated rings. The van der Waals surface area contributed by atoms with Crippen molar-refractivity contribution in [1.82, 2.24) is 4.90 Å². The number of morpholine rings is 1. The van der Waals surface area contributed by atoms with E-state index in [1.54, 1.807) is 6.26 Å². The van der Waals surface area contributed by atoms with Gasteiger partial charge in [-0.3, -0.25) is 4.79 Å². The van der Waals surface area contributed by atoms with E-state index in [0.29, 0.717) is 32.5 Å². The number of ether oxygens (including phenoxy) is 1. The summed E-state index contributed by atoms with van der Waals surface area (Å²) in [5, 5.41) is 0. The lowest BCUT2D eigenvalue weighted by Crippen LogP contribution is -2.56. The van der Waals surface area contributed by atoms with Crippen LogP contribution >= 0.6 is 0 Å². The van der Waals surface area contributed by atoms with Gasteiger partial charge in [-0.1, -0.05) is 0 Å². The molecule has 1 amide bonds. The van der Waals surface area contributed by atoms with E-state index in [1.807, 2.05) is 30.9 Å². The number of nitrogens with zero attached hydrogens (tertiary/aromatic N) is 1. The Bertz CT molecular complexity index is 414. The largest absolute Gasteiger partial charge is 0.469 e. The van der Waals surface area contributed by atoms with Crippen molar-refractivity contribution in [3.63, 3.8) is 0 Å². The lowest BCUT2D eigenvalue weighted by Gasteiger charge is -2.42. The molecule has 2 N–H and O–H groups in total.